The zero-order chi connectivity index (χ0) is 19.8. The van der Waals surface area contributed by atoms with Crippen molar-refractivity contribution < 1.29 is 13.9 Å². The Kier molecular flexibility index (Phi) is 7.37. The number of carbonyl (C=O) groups is 1. The first-order chi connectivity index (χ1) is 13.6. The number of hydrogen-bond acceptors (Lipinski definition) is 3. The fourth-order valence-electron chi connectivity index (χ4n) is 2.61. The van der Waals surface area contributed by atoms with Crippen molar-refractivity contribution in [3.63, 3.8) is 0 Å². The minimum Gasteiger partial charge on any atom is -0.467 e. The molecule has 0 radical (unpaired) electrons. The molecule has 0 fully saturated rings. The maximum atomic E-state index is 12.1. The van der Waals surface area contributed by atoms with Gasteiger partial charge in [-0.15, -0.1) is 0 Å². The topological polar surface area (TPSA) is 63.5 Å². The summed E-state index contributed by atoms with van der Waals surface area (Å²) in [4.78, 5) is 12.1. The Labute approximate surface area is 173 Å². The van der Waals surface area contributed by atoms with Crippen LogP contribution < -0.4 is 10.6 Å². The lowest BCUT2D eigenvalue weighted by atomic mass is 10.1. The minimum absolute atomic E-state index is 0.279. The van der Waals surface area contributed by atoms with Crippen LogP contribution in [0.2, 0.25) is 10.0 Å². The third kappa shape index (κ3) is 6.30. The first-order valence-corrected chi connectivity index (χ1v) is 9.53. The summed E-state index contributed by atoms with van der Waals surface area (Å²) in [5.41, 5.74) is 2.58. The highest BCUT2D eigenvalue weighted by molar-refractivity contribution is 6.35. The number of carbonyl (C=O) groups excluding carboxylic acids is 1. The SMILES string of the molecule is O=C(NCCc1ccc(Cl)cc1Cl)Nc1cccc(COCc2ccco2)c1. The summed E-state index contributed by atoms with van der Waals surface area (Å²) in [6.07, 6.45) is 2.23. The van der Waals surface area contributed by atoms with Gasteiger partial charge in [0.25, 0.3) is 0 Å². The number of furan rings is 1. The van der Waals surface area contributed by atoms with Gasteiger partial charge in [0, 0.05) is 22.3 Å². The van der Waals surface area contributed by atoms with Crippen molar-refractivity contribution >= 4 is 34.9 Å². The highest BCUT2D eigenvalue weighted by Crippen LogP contribution is 2.21. The molecule has 0 aliphatic carbocycles. The molecule has 1 aromatic heterocycles. The molecule has 146 valence electrons. The maximum Gasteiger partial charge on any atom is 0.319 e. The molecule has 2 amide bonds. The predicted molar refractivity (Wildman–Crippen MR) is 111 cm³/mol. The molecule has 2 N–H and O–H groups in total. The quantitative estimate of drug-likeness (QED) is 0.495. The number of rotatable bonds is 8. The minimum atomic E-state index is -0.279. The van der Waals surface area contributed by atoms with Crippen LogP contribution in [0, 0.1) is 0 Å². The van der Waals surface area contributed by atoms with Gasteiger partial charge < -0.3 is 19.8 Å². The van der Waals surface area contributed by atoms with E-state index in [2.05, 4.69) is 10.6 Å². The van der Waals surface area contributed by atoms with E-state index in [-0.39, 0.29) is 6.03 Å². The van der Waals surface area contributed by atoms with Gasteiger partial charge in [-0.05, 0) is 53.9 Å². The van der Waals surface area contributed by atoms with Crippen molar-refractivity contribution in [2.75, 3.05) is 11.9 Å². The molecule has 0 atom stereocenters. The molecule has 5 nitrogen and oxygen atoms in total. The monoisotopic (exact) mass is 418 g/mol. The molecule has 0 aliphatic heterocycles. The number of halogens is 2. The second kappa shape index (κ2) is 10.2. The van der Waals surface area contributed by atoms with Gasteiger partial charge in [-0.3, -0.25) is 0 Å². The average Bonchev–Trinajstić information content (AvgIpc) is 3.17. The van der Waals surface area contributed by atoms with Gasteiger partial charge >= 0.3 is 6.03 Å². The molecular formula is C21H20Cl2N2O3. The van der Waals surface area contributed by atoms with Gasteiger partial charge in [0.2, 0.25) is 0 Å². The van der Waals surface area contributed by atoms with Crippen LogP contribution in [0.25, 0.3) is 0 Å². The normalized spacial score (nSPS) is 10.6. The van der Waals surface area contributed by atoms with Crippen molar-refractivity contribution in [3.8, 4) is 0 Å². The fraction of sp³-hybridized carbons (Fsp3) is 0.190. The molecule has 3 rings (SSSR count). The van der Waals surface area contributed by atoms with Crippen LogP contribution in [0.5, 0.6) is 0 Å². The Morgan fingerprint density at radius 3 is 2.71 bits per heavy atom. The molecule has 3 aromatic rings. The number of anilines is 1. The van der Waals surface area contributed by atoms with Crippen LogP contribution in [-0.2, 0) is 24.4 Å². The molecule has 0 aliphatic rings. The van der Waals surface area contributed by atoms with E-state index in [1.54, 1.807) is 18.4 Å². The largest absolute Gasteiger partial charge is 0.467 e. The van der Waals surface area contributed by atoms with E-state index < -0.39 is 0 Å². The van der Waals surface area contributed by atoms with Crippen molar-refractivity contribution in [2.24, 2.45) is 0 Å². The van der Waals surface area contributed by atoms with E-state index in [9.17, 15) is 4.79 Å². The smallest absolute Gasteiger partial charge is 0.319 e. The van der Waals surface area contributed by atoms with Crippen LogP contribution in [0.4, 0.5) is 10.5 Å². The van der Waals surface area contributed by atoms with Crippen molar-refractivity contribution in [1.82, 2.24) is 5.32 Å². The summed E-state index contributed by atoms with van der Waals surface area (Å²) in [6, 6.07) is 16.2. The van der Waals surface area contributed by atoms with E-state index in [0.29, 0.717) is 41.9 Å². The molecule has 0 spiro atoms. The number of hydrogen-bond donors (Lipinski definition) is 2. The van der Waals surface area contributed by atoms with E-state index >= 15 is 0 Å². The summed E-state index contributed by atoms with van der Waals surface area (Å²) >= 11 is 12.0. The number of benzene rings is 2. The second-order valence-corrected chi connectivity index (χ2v) is 6.98. The summed E-state index contributed by atoms with van der Waals surface area (Å²) in [6.45, 7) is 1.28. The molecular weight excluding hydrogens is 399 g/mol. The summed E-state index contributed by atoms with van der Waals surface area (Å²) in [5.74, 6) is 0.773. The van der Waals surface area contributed by atoms with Gasteiger partial charge in [0.1, 0.15) is 12.4 Å². The average molecular weight is 419 g/mol. The Morgan fingerprint density at radius 2 is 1.93 bits per heavy atom. The molecule has 0 unspecified atom stereocenters. The zero-order valence-electron chi connectivity index (χ0n) is 15.1. The molecule has 0 saturated carbocycles. The standard InChI is InChI=1S/C21H20Cl2N2O3/c22-17-7-6-16(20(23)12-17)8-9-24-21(26)25-18-4-1-3-15(11-18)13-27-14-19-5-2-10-28-19/h1-7,10-12H,8-9,13-14H2,(H2,24,25,26). The van der Waals surface area contributed by atoms with Gasteiger partial charge in [-0.25, -0.2) is 4.79 Å². The Hall–Kier alpha value is -2.47. The van der Waals surface area contributed by atoms with Crippen LogP contribution in [0.3, 0.4) is 0 Å². The predicted octanol–water partition coefficient (Wildman–Crippen LogP) is 5.67. The van der Waals surface area contributed by atoms with Crippen LogP contribution >= 0.6 is 23.2 Å². The Balaban J connectivity index is 1.43. The molecule has 2 aromatic carbocycles. The fourth-order valence-corrected chi connectivity index (χ4v) is 3.12. The van der Waals surface area contributed by atoms with E-state index in [4.69, 9.17) is 32.4 Å². The number of ether oxygens (including phenoxy) is 1. The number of nitrogens with one attached hydrogen (secondary N) is 2. The first kappa shape index (κ1) is 20.3. The molecule has 28 heavy (non-hydrogen) atoms. The van der Waals surface area contributed by atoms with Crippen LogP contribution in [0.15, 0.2) is 65.3 Å². The van der Waals surface area contributed by atoms with E-state index in [1.807, 2.05) is 42.5 Å². The van der Waals surface area contributed by atoms with Gasteiger partial charge in [0.05, 0.1) is 12.9 Å². The van der Waals surface area contributed by atoms with Gasteiger partial charge in [-0.1, -0.05) is 41.4 Å². The van der Waals surface area contributed by atoms with Crippen LogP contribution in [-0.4, -0.2) is 12.6 Å². The number of amides is 2. The highest BCUT2D eigenvalue weighted by Gasteiger charge is 2.05. The lowest BCUT2D eigenvalue weighted by molar-refractivity contribution is 0.0930. The van der Waals surface area contributed by atoms with E-state index in [0.717, 1.165) is 16.9 Å². The van der Waals surface area contributed by atoms with Crippen LogP contribution in [0.1, 0.15) is 16.9 Å². The van der Waals surface area contributed by atoms with Gasteiger partial charge in [-0.2, -0.15) is 0 Å². The maximum absolute atomic E-state index is 12.1. The second-order valence-electron chi connectivity index (χ2n) is 6.14. The molecule has 7 heteroatoms. The third-order valence-corrected chi connectivity index (χ3v) is 4.56. The number of urea groups is 1. The molecule has 0 saturated heterocycles. The Bertz CT molecular complexity index is 914. The molecule has 0 bridgehead atoms. The highest BCUT2D eigenvalue weighted by atomic mass is 35.5. The first-order valence-electron chi connectivity index (χ1n) is 8.78. The van der Waals surface area contributed by atoms with E-state index in [1.165, 1.54) is 0 Å². The molecule has 1 heterocycles. The third-order valence-electron chi connectivity index (χ3n) is 3.97. The Morgan fingerprint density at radius 1 is 1.04 bits per heavy atom. The summed E-state index contributed by atoms with van der Waals surface area (Å²) in [5, 5.41) is 6.82. The van der Waals surface area contributed by atoms with Gasteiger partial charge in [0.15, 0.2) is 0 Å². The van der Waals surface area contributed by atoms with Crippen molar-refractivity contribution in [1.29, 1.82) is 0 Å². The lowest BCUT2D eigenvalue weighted by Crippen LogP contribution is -2.30. The summed E-state index contributed by atoms with van der Waals surface area (Å²) in [7, 11) is 0. The lowest BCUT2D eigenvalue weighted by Gasteiger charge is -2.10. The zero-order valence-corrected chi connectivity index (χ0v) is 16.6. The summed E-state index contributed by atoms with van der Waals surface area (Å²) < 4.78 is 10.8. The van der Waals surface area contributed by atoms with Crippen molar-refractivity contribution in [2.45, 2.75) is 19.6 Å². The van der Waals surface area contributed by atoms with Crippen molar-refractivity contribution in [3.05, 3.63) is 87.8 Å².